The van der Waals surface area contributed by atoms with E-state index in [1.54, 1.807) is 6.07 Å². The van der Waals surface area contributed by atoms with Gasteiger partial charge in [0.15, 0.2) is 0 Å². The van der Waals surface area contributed by atoms with Gasteiger partial charge in [0.25, 0.3) is 5.91 Å². The van der Waals surface area contributed by atoms with Gasteiger partial charge in [-0.25, -0.2) is 13.6 Å². The van der Waals surface area contributed by atoms with Crippen LogP contribution in [-0.2, 0) is 19.6 Å². The van der Waals surface area contributed by atoms with Gasteiger partial charge in [-0.1, -0.05) is 0 Å². The number of nitrogens with two attached hydrogens (primary N) is 2. The molecule has 1 rings (SSSR count). The van der Waals surface area contributed by atoms with Crippen molar-refractivity contribution in [2.45, 2.75) is 11.3 Å². The molecule has 0 aliphatic rings. The summed E-state index contributed by atoms with van der Waals surface area (Å²) in [6.07, 6.45) is 2.13. The average Bonchev–Trinajstić information content (AvgIpc) is 2.54. The van der Waals surface area contributed by atoms with E-state index in [4.69, 9.17) is 16.1 Å². The number of nitriles is 1. The van der Waals surface area contributed by atoms with Crippen molar-refractivity contribution >= 4 is 28.0 Å². The van der Waals surface area contributed by atoms with Crippen LogP contribution >= 0.6 is 0 Å². The maximum Gasteiger partial charge on any atom is 0.267 e. The SMILES string of the molecule is N#C/C(=C/N(C=O)CCCN)C(=O)Nc1ccc(S(N)(=O)=O)cc1. The van der Waals surface area contributed by atoms with Crippen LogP contribution in [0.15, 0.2) is 40.9 Å². The average molecular weight is 351 g/mol. The summed E-state index contributed by atoms with van der Waals surface area (Å²) in [5.41, 5.74) is 5.33. The fourth-order valence-electron chi connectivity index (χ4n) is 1.65. The van der Waals surface area contributed by atoms with Gasteiger partial charge in [0, 0.05) is 18.4 Å². The van der Waals surface area contributed by atoms with Crippen LogP contribution < -0.4 is 16.2 Å². The molecule has 9 nitrogen and oxygen atoms in total. The quantitative estimate of drug-likeness (QED) is 0.325. The third kappa shape index (κ3) is 5.81. The lowest BCUT2D eigenvalue weighted by Crippen LogP contribution is -2.22. The van der Waals surface area contributed by atoms with E-state index in [1.807, 2.05) is 0 Å². The smallest absolute Gasteiger partial charge is 0.267 e. The van der Waals surface area contributed by atoms with E-state index in [-0.39, 0.29) is 22.7 Å². The first-order valence-electron chi connectivity index (χ1n) is 6.79. The van der Waals surface area contributed by atoms with Gasteiger partial charge in [0.1, 0.15) is 11.6 Å². The second kappa shape index (κ2) is 8.78. The van der Waals surface area contributed by atoms with Gasteiger partial charge in [0.05, 0.1) is 4.90 Å². The largest absolute Gasteiger partial charge is 0.330 e. The Bertz CT molecular complexity index is 765. The normalized spacial score (nSPS) is 11.5. The molecule has 24 heavy (non-hydrogen) atoms. The van der Waals surface area contributed by atoms with Crippen molar-refractivity contribution in [1.82, 2.24) is 4.90 Å². The lowest BCUT2D eigenvalue weighted by Gasteiger charge is -2.12. The monoisotopic (exact) mass is 351 g/mol. The number of rotatable bonds is 8. The molecule has 0 heterocycles. The second-order valence-corrected chi connectivity index (χ2v) is 6.22. The first kappa shape index (κ1) is 19.3. The number of sulfonamides is 1. The molecule has 0 saturated heterocycles. The predicted molar refractivity (Wildman–Crippen MR) is 86.6 cm³/mol. The van der Waals surface area contributed by atoms with Crippen LogP contribution in [0.4, 0.5) is 5.69 Å². The third-order valence-corrected chi connectivity index (χ3v) is 3.79. The first-order chi connectivity index (χ1) is 11.3. The maximum absolute atomic E-state index is 12.0. The number of amides is 2. The summed E-state index contributed by atoms with van der Waals surface area (Å²) >= 11 is 0. The Morgan fingerprint density at radius 1 is 1.33 bits per heavy atom. The summed E-state index contributed by atoms with van der Waals surface area (Å²) in [6, 6.07) is 6.81. The van der Waals surface area contributed by atoms with Gasteiger partial charge < -0.3 is 16.0 Å². The molecule has 0 bridgehead atoms. The van der Waals surface area contributed by atoms with Gasteiger partial charge in [-0.15, -0.1) is 0 Å². The molecule has 0 saturated carbocycles. The summed E-state index contributed by atoms with van der Waals surface area (Å²) in [5.74, 6) is -0.736. The van der Waals surface area contributed by atoms with Crippen molar-refractivity contribution in [1.29, 1.82) is 5.26 Å². The zero-order valence-corrected chi connectivity index (χ0v) is 13.5. The van der Waals surface area contributed by atoms with Gasteiger partial charge in [-0.2, -0.15) is 5.26 Å². The molecular weight excluding hydrogens is 334 g/mol. The molecule has 0 fully saturated rings. The number of hydrogen-bond donors (Lipinski definition) is 3. The van der Waals surface area contributed by atoms with Gasteiger partial charge in [-0.05, 0) is 37.2 Å². The Balaban J connectivity index is 2.87. The summed E-state index contributed by atoms with van der Waals surface area (Å²) in [6.45, 7) is 0.643. The van der Waals surface area contributed by atoms with Crippen LogP contribution in [0.3, 0.4) is 0 Å². The summed E-state index contributed by atoms with van der Waals surface area (Å²) in [4.78, 5) is 24.0. The third-order valence-electron chi connectivity index (χ3n) is 2.86. The minimum Gasteiger partial charge on any atom is -0.330 e. The van der Waals surface area contributed by atoms with Crippen molar-refractivity contribution in [3.8, 4) is 6.07 Å². The van der Waals surface area contributed by atoms with Gasteiger partial charge in [-0.3, -0.25) is 9.59 Å². The topological polar surface area (TPSA) is 159 Å². The number of nitrogens with one attached hydrogen (secondary N) is 1. The van der Waals surface area contributed by atoms with E-state index in [2.05, 4.69) is 5.32 Å². The van der Waals surface area contributed by atoms with Crippen molar-refractivity contribution in [2.75, 3.05) is 18.4 Å². The van der Waals surface area contributed by atoms with Crippen LogP contribution in [0.1, 0.15) is 6.42 Å². The number of carbonyl (C=O) groups excluding carboxylic acids is 2. The summed E-state index contributed by atoms with van der Waals surface area (Å²) in [7, 11) is -3.83. The zero-order chi connectivity index (χ0) is 18.2. The Labute approximate surface area is 139 Å². The molecule has 10 heteroatoms. The molecule has 2 amide bonds. The molecule has 5 N–H and O–H groups in total. The van der Waals surface area contributed by atoms with E-state index in [0.717, 1.165) is 11.1 Å². The highest BCUT2D eigenvalue weighted by Crippen LogP contribution is 2.13. The number of primary sulfonamides is 1. The van der Waals surface area contributed by atoms with Crippen LogP contribution in [0.2, 0.25) is 0 Å². The van der Waals surface area contributed by atoms with Gasteiger partial charge in [0.2, 0.25) is 16.4 Å². The molecule has 1 aromatic rings. The fraction of sp³-hybridized carbons (Fsp3) is 0.214. The van der Waals surface area contributed by atoms with Crippen molar-refractivity contribution in [3.05, 3.63) is 36.0 Å². The number of carbonyl (C=O) groups is 2. The minimum absolute atomic E-state index is 0.106. The fourth-order valence-corrected chi connectivity index (χ4v) is 2.17. The van der Waals surface area contributed by atoms with Crippen molar-refractivity contribution in [2.24, 2.45) is 10.9 Å². The van der Waals surface area contributed by atoms with E-state index in [0.29, 0.717) is 19.4 Å². The summed E-state index contributed by atoms with van der Waals surface area (Å²) in [5, 5.41) is 16.5. The molecule has 0 unspecified atom stereocenters. The Morgan fingerprint density at radius 2 is 1.96 bits per heavy atom. The van der Waals surface area contributed by atoms with E-state index in [9.17, 15) is 18.0 Å². The van der Waals surface area contributed by atoms with E-state index < -0.39 is 15.9 Å². The lowest BCUT2D eigenvalue weighted by molar-refractivity contribution is -0.116. The Kier molecular flexibility index (Phi) is 7.06. The number of nitrogens with zero attached hydrogens (tertiary/aromatic N) is 2. The van der Waals surface area contributed by atoms with E-state index >= 15 is 0 Å². The molecule has 0 aliphatic heterocycles. The standard InChI is InChI=1S/C14H17N5O4S/c15-6-1-7-19(10-20)9-11(8-16)14(21)18-12-2-4-13(5-3-12)24(17,22)23/h2-5,9-10H,1,6-7,15H2,(H,18,21)(H2,17,22,23)/b11-9-. The van der Waals surface area contributed by atoms with E-state index in [1.165, 1.54) is 24.3 Å². The van der Waals surface area contributed by atoms with Crippen LogP contribution in [0.5, 0.6) is 0 Å². The molecule has 0 spiro atoms. The molecular formula is C14H17N5O4S. The molecule has 0 radical (unpaired) electrons. The second-order valence-electron chi connectivity index (χ2n) is 4.66. The van der Waals surface area contributed by atoms with Crippen LogP contribution in [-0.4, -0.2) is 38.7 Å². The van der Waals surface area contributed by atoms with Crippen molar-refractivity contribution < 1.29 is 18.0 Å². The minimum atomic E-state index is -3.83. The molecule has 0 aromatic heterocycles. The van der Waals surface area contributed by atoms with Crippen molar-refractivity contribution in [3.63, 3.8) is 0 Å². The molecule has 0 atom stereocenters. The first-order valence-corrected chi connectivity index (χ1v) is 8.33. The highest BCUT2D eigenvalue weighted by Gasteiger charge is 2.12. The lowest BCUT2D eigenvalue weighted by atomic mass is 10.2. The highest BCUT2D eigenvalue weighted by molar-refractivity contribution is 7.89. The molecule has 1 aromatic carbocycles. The zero-order valence-electron chi connectivity index (χ0n) is 12.7. The van der Waals surface area contributed by atoms with Crippen LogP contribution in [0.25, 0.3) is 0 Å². The maximum atomic E-state index is 12.0. The number of hydrogen-bond acceptors (Lipinski definition) is 6. The summed E-state index contributed by atoms with van der Waals surface area (Å²) < 4.78 is 22.3. The van der Waals surface area contributed by atoms with Gasteiger partial charge >= 0.3 is 0 Å². The molecule has 0 aliphatic carbocycles. The highest BCUT2D eigenvalue weighted by atomic mass is 32.2. The predicted octanol–water partition coefficient (Wildman–Crippen LogP) is -0.513. The number of benzene rings is 1. The van der Waals surface area contributed by atoms with Crippen LogP contribution in [0, 0.1) is 11.3 Å². The number of anilines is 1. The Hall–Kier alpha value is -2.74. The Morgan fingerprint density at radius 3 is 2.42 bits per heavy atom. The molecule has 128 valence electrons.